The van der Waals surface area contributed by atoms with Crippen molar-refractivity contribution in [1.82, 2.24) is 20.4 Å². The van der Waals surface area contributed by atoms with Crippen LogP contribution in [-0.2, 0) is 6.42 Å². The molecule has 1 aliphatic heterocycles. The van der Waals surface area contributed by atoms with Crippen LogP contribution < -0.4 is 15.4 Å². The van der Waals surface area contributed by atoms with Crippen LogP contribution in [0.4, 0.5) is 0 Å². The summed E-state index contributed by atoms with van der Waals surface area (Å²) in [5.74, 6) is 2.41. The summed E-state index contributed by atoms with van der Waals surface area (Å²) in [5.41, 5.74) is 2.49. The summed E-state index contributed by atoms with van der Waals surface area (Å²) in [6.45, 7) is 14.9. The number of methoxy groups -OCH3 is 1. The summed E-state index contributed by atoms with van der Waals surface area (Å²) >= 11 is 0. The highest BCUT2D eigenvalue weighted by atomic mass is 127. The molecule has 1 saturated heterocycles. The van der Waals surface area contributed by atoms with E-state index in [1.54, 1.807) is 7.11 Å². The van der Waals surface area contributed by atoms with E-state index in [9.17, 15) is 0 Å². The second-order valence-electron chi connectivity index (χ2n) is 7.92. The highest BCUT2D eigenvalue weighted by Gasteiger charge is 2.16. The molecule has 0 aromatic heterocycles. The molecule has 0 radical (unpaired) electrons. The molecule has 166 valence electrons. The second kappa shape index (κ2) is 14.0. The predicted molar refractivity (Wildman–Crippen MR) is 134 cm³/mol. The number of aliphatic imine (C=N–C) groups is 1. The molecule has 1 aromatic carbocycles. The first-order chi connectivity index (χ1) is 13.5. The van der Waals surface area contributed by atoms with E-state index < -0.39 is 0 Å². The van der Waals surface area contributed by atoms with Gasteiger partial charge in [0.15, 0.2) is 5.96 Å². The van der Waals surface area contributed by atoms with E-state index in [4.69, 9.17) is 9.73 Å². The van der Waals surface area contributed by atoms with Crippen LogP contribution in [0.15, 0.2) is 23.2 Å². The summed E-state index contributed by atoms with van der Waals surface area (Å²) in [4.78, 5) is 9.77. The molecule has 29 heavy (non-hydrogen) atoms. The molecule has 2 rings (SSSR count). The highest BCUT2D eigenvalue weighted by molar-refractivity contribution is 14.0. The number of nitrogens with one attached hydrogen (secondary N) is 2. The van der Waals surface area contributed by atoms with Crippen LogP contribution in [0.1, 0.15) is 25.0 Å². The van der Waals surface area contributed by atoms with E-state index in [0.717, 1.165) is 44.3 Å². The number of aryl methyl sites for hydroxylation is 1. The molecule has 0 bridgehead atoms. The quantitative estimate of drug-likeness (QED) is 0.300. The lowest BCUT2D eigenvalue weighted by Crippen LogP contribution is -2.46. The molecule has 1 atom stereocenters. The van der Waals surface area contributed by atoms with Gasteiger partial charge < -0.3 is 25.2 Å². The fourth-order valence-corrected chi connectivity index (χ4v) is 3.54. The van der Waals surface area contributed by atoms with Crippen molar-refractivity contribution >= 4 is 29.9 Å². The van der Waals surface area contributed by atoms with E-state index in [-0.39, 0.29) is 24.0 Å². The maximum Gasteiger partial charge on any atom is 0.191 e. The molecule has 7 heteroatoms. The Morgan fingerprint density at radius 2 is 1.93 bits per heavy atom. The Hall–Kier alpha value is -1.06. The Labute approximate surface area is 194 Å². The normalized spacial score (nSPS) is 16.8. The minimum Gasteiger partial charge on any atom is -0.496 e. The van der Waals surface area contributed by atoms with Crippen LogP contribution in [0.3, 0.4) is 0 Å². The topological polar surface area (TPSA) is 52.1 Å². The lowest BCUT2D eigenvalue weighted by atomic mass is 10.1. The van der Waals surface area contributed by atoms with Gasteiger partial charge in [0.25, 0.3) is 0 Å². The minimum atomic E-state index is 0. The van der Waals surface area contributed by atoms with Crippen LogP contribution in [-0.4, -0.2) is 82.3 Å². The third-order valence-corrected chi connectivity index (χ3v) is 5.19. The molecular weight excluding hydrogens is 477 g/mol. The molecule has 1 heterocycles. The van der Waals surface area contributed by atoms with Crippen LogP contribution in [0, 0.1) is 12.8 Å². The van der Waals surface area contributed by atoms with Gasteiger partial charge in [-0.25, -0.2) is 0 Å². The average molecular weight is 518 g/mol. The molecule has 0 spiro atoms. The van der Waals surface area contributed by atoms with Crippen molar-refractivity contribution in [2.24, 2.45) is 10.9 Å². The number of rotatable bonds is 9. The van der Waals surface area contributed by atoms with E-state index >= 15 is 0 Å². The zero-order chi connectivity index (χ0) is 20.4. The van der Waals surface area contributed by atoms with Gasteiger partial charge in [0, 0.05) is 52.4 Å². The van der Waals surface area contributed by atoms with Crippen LogP contribution >= 0.6 is 24.0 Å². The number of ether oxygens (including phenoxy) is 1. The molecule has 0 saturated carbocycles. The molecule has 0 aliphatic carbocycles. The van der Waals surface area contributed by atoms with Gasteiger partial charge in [0.2, 0.25) is 0 Å². The van der Waals surface area contributed by atoms with Crippen LogP contribution in [0.5, 0.6) is 5.75 Å². The lowest BCUT2D eigenvalue weighted by Gasteiger charge is -2.33. The van der Waals surface area contributed by atoms with Crippen molar-refractivity contribution in [1.29, 1.82) is 0 Å². The SMILES string of the molecule is CCNC(=NCC(C)CN1CCN(C)CC1)NCCc1cc(C)ccc1OC.I. The molecule has 1 aromatic rings. The van der Waals surface area contributed by atoms with Crippen molar-refractivity contribution in [3.63, 3.8) is 0 Å². The van der Waals surface area contributed by atoms with Gasteiger partial charge in [-0.2, -0.15) is 0 Å². The summed E-state index contributed by atoms with van der Waals surface area (Å²) in [7, 11) is 3.93. The Morgan fingerprint density at radius 3 is 2.59 bits per heavy atom. The average Bonchev–Trinajstić information content (AvgIpc) is 2.68. The maximum atomic E-state index is 5.48. The van der Waals surface area contributed by atoms with Gasteiger partial charge in [0.1, 0.15) is 5.75 Å². The zero-order valence-electron chi connectivity index (χ0n) is 18.8. The standard InChI is InChI=1S/C22H39N5O.HI/c1-6-23-22(24-10-9-20-15-18(2)7-8-21(20)28-5)25-16-19(3)17-27-13-11-26(4)12-14-27;/h7-8,15,19H,6,9-14,16-17H2,1-5H3,(H2,23,24,25);1H. The van der Waals surface area contributed by atoms with E-state index in [0.29, 0.717) is 5.92 Å². The molecule has 6 nitrogen and oxygen atoms in total. The van der Waals surface area contributed by atoms with Gasteiger partial charge >= 0.3 is 0 Å². The number of halogens is 1. The Balaban J connectivity index is 0.00000420. The van der Waals surface area contributed by atoms with Gasteiger partial charge in [-0.05, 0) is 44.9 Å². The number of piperazine rings is 1. The van der Waals surface area contributed by atoms with Crippen molar-refractivity contribution < 1.29 is 4.74 Å². The van der Waals surface area contributed by atoms with Gasteiger partial charge in [-0.15, -0.1) is 24.0 Å². The monoisotopic (exact) mass is 517 g/mol. The van der Waals surface area contributed by atoms with Crippen LogP contribution in [0.2, 0.25) is 0 Å². The Kier molecular flexibility index (Phi) is 12.6. The Morgan fingerprint density at radius 1 is 1.21 bits per heavy atom. The molecule has 1 aliphatic rings. The number of nitrogens with zero attached hydrogens (tertiary/aromatic N) is 3. The number of benzene rings is 1. The predicted octanol–water partition coefficient (Wildman–Crippen LogP) is 2.60. The minimum absolute atomic E-state index is 0. The van der Waals surface area contributed by atoms with E-state index in [2.05, 4.69) is 60.4 Å². The summed E-state index contributed by atoms with van der Waals surface area (Å²) in [6, 6.07) is 6.33. The zero-order valence-corrected chi connectivity index (χ0v) is 21.2. The maximum absolute atomic E-state index is 5.48. The fraction of sp³-hybridized carbons (Fsp3) is 0.682. The molecular formula is C22H40IN5O. The van der Waals surface area contributed by atoms with Crippen molar-refractivity contribution in [2.75, 3.05) is 66.5 Å². The summed E-state index contributed by atoms with van der Waals surface area (Å²) < 4.78 is 5.48. The van der Waals surface area contributed by atoms with Gasteiger partial charge in [-0.1, -0.05) is 24.6 Å². The number of hydrogen-bond acceptors (Lipinski definition) is 4. The molecule has 1 fully saturated rings. The van der Waals surface area contributed by atoms with Crippen molar-refractivity contribution in [2.45, 2.75) is 27.2 Å². The smallest absolute Gasteiger partial charge is 0.191 e. The Bertz CT molecular complexity index is 617. The van der Waals surface area contributed by atoms with E-state index in [1.807, 2.05) is 6.07 Å². The largest absolute Gasteiger partial charge is 0.496 e. The van der Waals surface area contributed by atoms with Crippen molar-refractivity contribution in [3.8, 4) is 5.75 Å². The fourth-order valence-electron chi connectivity index (χ4n) is 3.54. The van der Waals surface area contributed by atoms with Crippen molar-refractivity contribution in [3.05, 3.63) is 29.3 Å². The first kappa shape index (κ1) is 26.0. The van der Waals surface area contributed by atoms with Gasteiger partial charge in [0.05, 0.1) is 7.11 Å². The summed E-state index contributed by atoms with van der Waals surface area (Å²) in [5, 5.41) is 6.83. The second-order valence-corrected chi connectivity index (χ2v) is 7.92. The van der Waals surface area contributed by atoms with Gasteiger partial charge in [-0.3, -0.25) is 4.99 Å². The first-order valence-electron chi connectivity index (χ1n) is 10.6. The lowest BCUT2D eigenvalue weighted by molar-refractivity contribution is 0.140. The first-order valence-corrected chi connectivity index (χ1v) is 10.6. The molecule has 1 unspecified atom stereocenters. The number of likely N-dealkylation sites (N-methyl/N-ethyl adjacent to an activating group) is 1. The highest BCUT2D eigenvalue weighted by Crippen LogP contribution is 2.19. The van der Waals surface area contributed by atoms with Crippen LogP contribution in [0.25, 0.3) is 0 Å². The van der Waals surface area contributed by atoms with E-state index in [1.165, 1.54) is 37.3 Å². The molecule has 2 N–H and O–H groups in total. The summed E-state index contributed by atoms with van der Waals surface area (Å²) in [6.07, 6.45) is 0.909. The molecule has 0 amide bonds. The number of guanidine groups is 1. The third-order valence-electron chi connectivity index (χ3n) is 5.19. The number of hydrogen-bond donors (Lipinski definition) is 2. The third kappa shape index (κ3) is 9.53.